The molecule has 2 aromatic heterocycles. The van der Waals surface area contributed by atoms with Crippen LogP contribution in [0.5, 0.6) is 0 Å². The van der Waals surface area contributed by atoms with Crippen LogP contribution < -0.4 is 11.3 Å². The van der Waals surface area contributed by atoms with Crippen LogP contribution in [0.1, 0.15) is 28.0 Å². The van der Waals surface area contributed by atoms with E-state index in [2.05, 4.69) is 14.8 Å². The molecular formula is C10H12N4OS3. The quantitative estimate of drug-likeness (QED) is 0.382. The Morgan fingerprint density at radius 3 is 3.11 bits per heavy atom. The molecule has 0 aromatic carbocycles. The third-order valence-corrected chi connectivity index (χ3v) is 5.08. The highest BCUT2D eigenvalue weighted by atomic mass is 32.2. The summed E-state index contributed by atoms with van der Waals surface area (Å²) in [6, 6.07) is 1.93. The summed E-state index contributed by atoms with van der Waals surface area (Å²) in [7, 11) is 0. The summed E-state index contributed by atoms with van der Waals surface area (Å²) in [6.45, 7) is 2.03. The van der Waals surface area contributed by atoms with Crippen LogP contribution in [-0.2, 0) is 12.2 Å². The molecule has 2 aromatic rings. The van der Waals surface area contributed by atoms with E-state index < -0.39 is 0 Å². The van der Waals surface area contributed by atoms with E-state index in [-0.39, 0.29) is 5.91 Å². The molecule has 2 rings (SSSR count). The van der Waals surface area contributed by atoms with Crippen molar-refractivity contribution in [3.05, 3.63) is 27.7 Å². The summed E-state index contributed by atoms with van der Waals surface area (Å²) in [5.41, 5.74) is 3.13. The number of hydrogen-bond acceptors (Lipinski definition) is 7. The normalized spacial score (nSPS) is 10.6. The van der Waals surface area contributed by atoms with E-state index in [0.717, 1.165) is 22.1 Å². The van der Waals surface area contributed by atoms with Crippen molar-refractivity contribution in [2.45, 2.75) is 23.4 Å². The van der Waals surface area contributed by atoms with Crippen molar-refractivity contribution in [2.24, 2.45) is 5.84 Å². The van der Waals surface area contributed by atoms with Gasteiger partial charge in [-0.15, -0.1) is 11.3 Å². The van der Waals surface area contributed by atoms with Crippen molar-refractivity contribution in [3.8, 4) is 0 Å². The van der Waals surface area contributed by atoms with Crippen LogP contribution in [0.15, 0.2) is 15.8 Å². The molecule has 0 aliphatic heterocycles. The second kappa shape index (κ2) is 6.28. The molecule has 0 bridgehead atoms. The molecule has 18 heavy (non-hydrogen) atoms. The number of thioether (sulfide) groups is 1. The van der Waals surface area contributed by atoms with Gasteiger partial charge in [-0.3, -0.25) is 10.2 Å². The number of nitrogens with one attached hydrogen (secondary N) is 1. The number of hydrogen-bond donors (Lipinski definition) is 2. The number of hydrazine groups is 1. The number of nitrogen functional groups attached to an aromatic ring is 1. The fourth-order valence-electron chi connectivity index (χ4n) is 1.29. The average Bonchev–Trinajstić information content (AvgIpc) is 3.03. The first-order valence-electron chi connectivity index (χ1n) is 5.27. The highest BCUT2D eigenvalue weighted by Gasteiger charge is 2.13. The fraction of sp³-hybridized carbons (Fsp3) is 0.300. The van der Waals surface area contributed by atoms with Crippen molar-refractivity contribution in [2.75, 3.05) is 0 Å². The highest BCUT2D eigenvalue weighted by molar-refractivity contribution is 8.00. The van der Waals surface area contributed by atoms with E-state index in [1.54, 1.807) is 11.8 Å². The number of thiophene rings is 1. The van der Waals surface area contributed by atoms with Gasteiger partial charge in [-0.1, -0.05) is 18.7 Å². The number of aromatic nitrogens is 2. The molecular weight excluding hydrogens is 288 g/mol. The lowest BCUT2D eigenvalue weighted by atomic mass is 10.3. The van der Waals surface area contributed by atoms with Gasteiger partial charge in [-0.05, 0) is 28.5 Å². The van der Waals surface area contributed by atoms with E-state index in [9.17, 15) is 4.79 Å². The fourth-order valence-corrected chi connectivity index (χ4v) is 3.90. The topological polar surface area (TPSA) is 80.9 Å². The first-order chi connectivity index (χ1) is 8.74. The van der Waals surface area contributed by atoms with Gasteiger partial charge < -0.3 is 0 Å². The predicted molar refractivity (Wildman–Crippen MR) is 74.8 cm³/mol. The summed E-state index contributed by atoms with van der Waals surface area (Å²) < 4.78 is 5.15. The van der Waals surface area contributed by atoms with Crippen molar-refractivity contribution >= 4 is 40.5 Å². The van der Waals surface area contributed by atoms with Gasteiger partial charge in [-0.25, -0.2) is 10.8 Å². The number of nitrogens with zero attached hydrogens (tertiary/aromatic N) is 2. The van der Waals surface area contributed by atoms with Gasteiger partial charge in [0.2, 0.25) is 0 Å². The number of amides is 1. The lowest BCUT2D eigenvalue weighted by Crippen LogP contribution is -2.29. The zero-order valence-electron chi connectivity index (χ0n) is 9.67. The van der Waals surface area contributed by atoms with E-state index in [1.807, 2.05) is 18.4 Å². The van der Waals surface area contributed by atoms with Crippen LogP contribution in [0.3, 0.4) is 0 Å². The van der Waals surface area contributed by atoms with Gasteiger partial charge >= 0.3 is 0 Å². The van der Waals surface area contributed by atoms with Crippen LogP contribution in [-0.4, -0.2) is 15.3 Å². The van der Waals surface area contributed by atoms with Gasteiger partial charge in [0.1, 0.15) is 5.82 Å². The summed E-state index contributed by atoms with van der Waals surface area (Å²) in [6.07, 6.45) is 0.844. The first kappa shape index (κ1) is 13.5. The van der Waals surface area contributed by atoms with Crippen LogP contribution >= 0.6 is 34.6 Å². The summed E-state index contributed by atoms with van der Waals surface area (Å²) in [4.78, 5) is 16.5. The molecule has 0 aliphatic rings. The maximum Gasteiger partial charge on any atom is 0.275 e. The molecule has 0 saturated heterocycles. The summed E-state index contributed by atoms with van der Waals surface area (Å²) in [5, 5.41) is 1.89. The van der Waals surface area contributed by atoms with Gasteiger partial charge in [0.05, 0.1) is 4.88 Å². The molecule has 0 atom stereocenters. The zero-order valence-corrected chi connectivity index (χ0v) is 12.1. The van der Waals surface area contributed by atoms with E-state index >= 15 is 0 Å². The Balaban J connectivity index is 2.02. The lowest BCUT2D eigenvalue weighted by Gasteiger charge is -2.00. The minimum absolute atomic E-state index is 0.243. The summed E-state index contributed by atoms with van der Waals surface area (Å²) in [5.74, 6) is 6.46. The number of aryl methyl sites for hydroxylation is 1. The van der Waals surface area contributed by atoms with Crippen LogP contribution in [0, 0.1) is 0 Å². The Hall–Kier alpha value is -0.960. The van der Waals surface area contributed by atoms with Crippen LogP contribution in [0.4, 0.5) is 0 Å². The molecule has 0 radical (unpaired) electrons. The second-order valence-corrected chi connectivity index (χ2v) is 6.26. The Kier molecular flexibility index (Phi) is 4.70. The molecule has 0 unspecified atom stereocenters. The molecule has 0 fully saturated rings. The molecule has 0 aliphatic carbocycles. The maximum absolute atomic E-state index is 11.5. The lowest BCUT2D eigenvalue weighted by molar-refractivity contribution is 0.0957. The molecule has 3 N–H and O–H groups in total. The smallest absolute Gasteiger partial charge is 0.275 e. The zero-order chi connectivity index (χ0) is 13.0. The maximum atomic E-state index is 11.5. The minimum atomic E-state index is -0.243. The number of carbonyl (C=O) groups is 1. The van der Waals surface area contributed by atoms with E-state index in [1.165, 1.54) is 22.9 Å². The Morgan fingerprint density at radius 1 is 1.61 bits per heavy atom. The molecule has 2 heterocycles. The van der Waals surface area contributed by atoms with E-state index in [0.29, 0.717) is 10.6 Å². The predicted octanol–water partition coefficient (Wildman–Crippen LogP) is 2.06. The number of nitrogens with two attached hydrogens (primary N) is 1. The van der Waals surface area contributed by atoms with E-state index in [4.69, 9.17) is 5.84 Å². The van der Waals surface area contributed by atoms with Gasteiger partial charge in [0.15, 0.2) is 4.34 Å². The van der Waals surface area contributed by atoms with Crippen molar-refractivity contribution in [1.29, 1.82) is 0 Å². The van der Waals surface area contributed by atoms with Crippen molar-refractivity contribution in [3.63, 3.8) is 0 Å². The van der Waals surface area contributed by atoms with Gasteiger partial charge in [0.25, 0.3) is 5.91 Å². The Bertz CT molecular complexity index is 537. The number of rotatable bonds is 5. The number of carbonyl (C=O) groups excluding carboxylic acids is 1. The van der Waals surface area contributed by atoms with Crippen LogP contribution in [0.25, 0.3) is 0 Å². The molecule has 1 amide bonds. The molecule has 0 saturated carbocycles. The van der Waals surface area contributed by atoms with Crippen molar-refractivity contribution < 1.29 is 4.79 Å². The second-order valence-electron chi connectivity index (χ2n) is 3.37. The Labute approximate surface area is 117 Å². The summed E-state index contributed by atoms with van der Waals surface area (Å²) >= 11 is 4.37. The molecule has 5 nitrogen and oxygen atoms in total. The Morgan fingerprint density at radius 2 is 2.44 bits per heavy atom. The molecule has 0 spiro atoms. The first-order valence-corrected chi connectivity index (χ1v) is 7.91. The van der Waals surface area contributed by atoms with Crippen molar-refractivity contribution in [1.82, 2.24) is 14.8 Å². The standard InChI is InChI=1S/C10H12N4OS3/c1-2-7-12-10(18-14-7)17-5-6-3-4-16-8(6)9(15)13-11/h3-4H,2,5,11H2,1H3,(H,13,15). The van der Waals surface area contributed by atoms with Gasteiger partial charge in [-0.2, -0.15) is 4.37 Å². The van der Waals surface area contributed by atoms with Crippen LogP contribution in [0.2, 0.25) is 0 Å². The highest BCUT2D eigenvalue weighted by Crippen LogP contribution is 2.28. The monoisotopic (exact) mass is 300 g/mol. The third kappa shape index (κ3) is 3.08. The SMILES string of the molecule is CCc1nsc(SCc2ccsc2C(=O)NN)n1. The molecule has 96 valence electrons. The largest absolute Gasteiger partial charge is 0.289 e. The van der Waals surface area contributed by atoms with Gasteiger partial charge in [0, 0.05) is 12.2 Å². The molecule has 8 heteroatoms. The average molecular weight is 300 g/mol. The minimum Gasteiger partial charge on any atom is -0.289 e. The third-order valence-electron chi connectivity index (χ3n) is 2.20.